The lowest BCUT2D eigenvalue weighted by Crippen LogP contribution is -2.30. The SMILES string of the molecule is CNCCCC(=O)Nc1ccc(NC(=O)NC2CC2)cc1.Cl. The summed E-state index contributed by atoms with van der Waals surface area (Å²) in [4.78, 5) is 23.2. The smallest absolute Gasteiger partial charge is 0.319 e. The van der Waals surface area contributed by atoms with E-state index in [2.05, 4.69) is 21.3 Å². The van der Waals surface area contributed by atoms with Crippen molar-refractivity contribution in [2.45, 2.75) is 31.7 Å². The molecule has 0 aliphatic heterocycles. The highest BCUT2D eigenvalue weighted by atomic mass is 35.5. The second-order valence-electron chi connectivity index (χ2n) is 5.21. The van der Waals surface area contributed by atoms with E-state index in [4.69, 9.17) is 0 Å². The van der Waals surface area contributed by atoms with Crippen molar-refractivity contribution in [1.29, 1.82) is 0 Å². The Kier molecular flexibility index (Phi) is 7.70. The molecule has 0 radical (unpaired) electrons. The van der Waals surface area contributed by atoms with Crippen LogP contribution in [0.15, 0.2) is 24.3 Å². The molecule has 0 heterocycles. The van der Waals surface area contributed by atoms with Gasteiger partial charge in [-0.3, -0.25) is 4.79 Å². The minimum Gasteiger partial charge on any atom is -0.335 e. The number of carbonyl (C=O) groups is 2. The Morgan fingerprint density at radius 1 is 1.09 bits per heavy atom. The third-order valence-corrected chi connectivity index (χ3v) is 3.17. The lowest BCUT2D eigenvalue weighted by atomic mass is 10.2. The Bertz CT molecular complexity index is 489. The lowest BCUT2D eigenvalue weighted by molar-refractivity contribution is -0.116. The first-order valence-electron chi connectivity index (χ1n) is 7.29. The van der Waals surface area contributed by atoms with Crippen LogP contribution in [0.4, 0.5) is 16.2 Å². The van der Waals surface area contributed by atoms with Crippen LogP contribution in [-0.2, 0) is 4.79 Å². The number of hydrogen-bond acceptors (Lipinski definition) is 3. The molecule has 0 unspecified atom stereocenters. The highest BCUT2D eigenvalue weighted by Crippen LogP contribution is 2.19. The fourth-order valence-corrected chi connectivity index (χ4v) is 1.87. The normalized spacial score (nSPS) is 13.0. The lowest BCUT2D eigenvalue weighted by Gasteiger charge is -2.08. The molecule has 6 nitrogen and oxygen atoms in total. The maximum Gasteiger partial charge on any atom is 0.319 e. The van der Waals surface area contributed by atoms with Gasteiger partial charge >= 0.3 is 6.03 Å². The first-order valence-corrected chi connectivity index (χ1v) is 7.29. The number of hydrogen-bond donors (Lipinski definition) is 4. The highest BCUT2D eigenvalue weighted by molar-refractivity contribution is 5.92. The van der Waals surface area contributed by atoms with Crippen LogP contribution in [0, 0.1) is 0 Å². The minimum atomic E-state index is -0.179. The molecule has 2 rings (SSSR count). The molecule has 1 aromatic carbocycles. The Morgan fingerprint density at radius 3 is 2.23 bits per heavy atom. The largest absolute Gasteiger partial charge is 0.335 e. The molecular weight excluding hydrogens is 304 g/mol. The van der Waals surface area contributed by atoms with Crippen LogP contribution in [0.1, 0.15) is 25.7 Å². The predicted octanol–water partition coefficient (Wildman–Crippen LogP) is 2.33. The number of amides is 3. The summed E-state index contributed by atoms with van der Waals surface area (Å²) in [5, 5.41) is 11.4. The molecule has 7 heteroatoms. The zero-order valence-electron chi connectivity index (χ0n) is 12.6. The van der Waals surface area contributed by atoms with Crippen LogP contribution in [0.25, 0.3) is 0 Å². The molecule has 0 bridgehead atoms. The van der Waals surface area contributed by atoms with Gasteiger partial charge in [0.2, 0.25) is 5.91 Å². The van der Waals surface area contributed by atoms with Gasteiger partial charge in [-0.25, -0.2) is 4.79 Å². The molecular formula is C15H23ClN4O2. The van der Waals surface area contributed by atoms with E-state index >= 15 is 0 Å². The van der Waals surface area contributed by atoms with Gasteiger partial charge in [0.25, 0.3) is 0 Å². The number of rotatable bonds is 7. The average Bonchev–Trinajstić information content (AvgIpc) is 3.25. The fraction of sp³-hybridized carbons (Fsp3) is 0.467. The Hall–Kier alpha value is -1.79. The first-order chi connectivity index (χ1) is 10.2. The van der Waals surface area contributed by atoms with Crippen LogP contribution in [-0.4, -0.2) is 31.6 Å². The molecule has 0 saturated heterocycles. The molecule has 1 aliphatic carbocycles. The Balaban J connectivity index is 0.00000242. The fourth-order valence-electron chi connectivity index (χ4n) is 1.87. The van der Waals surface area contributed by atoms with Crippen LogP contribution in [0.5, 0.6) is 0 Å². The summed E-state index contributed by atoms with van der Waals surface area (Å²) in [5.74, 6) is -0.00237. The third-order valence-electron chi connectivity index (χ3n) is 3.17. The van der Waals surface area contributed by atoms with Crippen molar-refractivity contribution in [1.82, 2.24) is 10.6 Å². The molecule has 0 atom stereocenters. The molecule has 1 aromatic rings. The van der Waals surface area contributed by atoms with E-state index in [0.717, 1.165) is 31.5 Å². The zero-order valence-corrected chi connectivity index (χ0v) is 13.5. The van der Waals surface area contributed by atoms with Crippen LogP contribution < -0.4 is 21.3 Å². The van der Waals surface area contributed by atoms with Crippen molar-refractivity contribution in [2.24, 2.45) is 0 Å². The topological polar surface area (TPSA) is 82.3 Å². The number of carbonyl (C=O) groups excluding carboxylic acids is 2. The summed E-state index contributed by atoms with van der Waals surface area (Å²) >= 11 is 0. The van der Waals surface area contributed by atoms with Crippen molar-refractivity contribution in [2.75, 3.05) is 24.2 Å². The molecule has 0 aromatic heterocycles. The Morgan fingerprint density at radius 2 is 1.68 bits per heavy atom. The second kappa shape index (κ2) is 9.27. The molecule has 4 N–H and O–H groups in total. The summed E-state index contributed by atoms with van der Waals surface area (Å²) in [6.45, 7) is 0.826. The van der Waals surface area contributed by atoms with Crippen molar-refractivity contribution < 1.29 is 9.59 Å². The molecule has 1 aliphatic rings. The van der Waals surface area contributed by atoms with Gasteiger partial charge in [0.1, 0.15) is 0 Å². The third kappa shape index (κ3) is 6.78. The maximum atomic E-state index is 11.7. The second-order valence-corrected chi connectivity index (χ2v) is 5.21. The number of nitrogens with one attached hydrogen (secondary N) is 4. The summed E-state index contributed by atoms with van der Waals surface area (Å²) in [5.41, 5.74) is 1.44. The molecule has 122 valence electrons. The van der Waals surface area contributed by atoms with Crippen LogP contribution in [0.3, 0.4) is 0 Å². The van der Waals surface area contributed by atoms with Gasteiger partial charge in [-0.05, 0) is 57.1 Å². The predicted molar refractivity (Wildman–Crippen MR) is 90.7 cm³/mol. The number of urea groups is 1. The van der Waals surface area contributed by atoms with Gasteiger partial charge in [0, 0.05) is 23.8 Å². The zero-order chi connectivity index (χ0) is 15.1. The summed E-state index contributed by atoms with van der Waals surface area (Å²) in [6, 6.07) is 7.26. The average molecular weight is 327 g/mol. The molecule has 0 spiro atoms. The number of benzene rings is 1. The van der Waals surface area contributed by atoms with E-state index in [1.807, 2.05) is 7.05 Å². The minimum absolute atomic E-state index is 0. The first kappa shape index (κ1) is 18.3. The van der Waals surface area contributed by atoms with Gasteiger partial charge in [-0.1, -0.05) is 0 Å². The van der Waals surface area contributed by atoms with Crippen molar-refractivity contribution in [3.05, 3.63) is 24.3 Å². The summed E-state index contributed by atoms with van der Waals surface area (Å²) in [6.07, 6.45) is 3.42. The molecule has 3 amide bonds. The van der Waals surface area contributed by atoms with Gasteiger partial charge in [-0.15, -0.1) is 12.4 Å². The Labute approximate surface area is 136 Å². The molecule has 1 saturated carbocycles. The number of halogens is 1. The molecule has 1 fully saturated rings. The van der Waals surface area contributed by atoms with Crippen molar-refractivity contribution >= 4 is 35.7 Å². The standard InChI is InChI=1S/C15H22N4O2.ClH/c1-16-10-2-3-14(20)17-11-4-6-12(7-5-11)18-15(21)19-13-8-9-13;/h4-7,13,16H,2-3,8-10H2,1H3,(H,17,20)(H2,18,19,21);1H. The quantitative estimate of drug-likeness (QED) is 0.580. The summed E-state index contributed by atoms with van der Waals surface area (Å²) < 4.78 is 0. The van der Waals surface area contributed by atoms with E-state index in [-0.39, 0.29) is 24.3 Å². The van der Waals surface area contributed by atoms with E-state index in [0.29, 0.717) is 18.2 Å². The van der Waals surface area contributed by atoms with Crippen LogP contribution in [0.2, 0.25) is 0 Å². The van der Waals surface area contributed by atoms with Gasteiger partial charge < -0.3 is 21.3 Å². The number of anilines is 2. The van der Waals surface area contributed by atoms with Gasteiger partial charge in [-0.2, -0.15) is 0 Å². The van der Waals surface area contributed by atoms with Crippen molar-refractivity contribution in [3.63, 3.8) is 0 Å². The highest BCUT2D eigenvalue weighted by Gasteiger charge is 2.23. The van der Waals surface area contributed by atoms with Crippen LogP contribution >= 0.6 is 12.4 Å². The monoisotopic (exact) mass is 326 g/mol. The van der Waals surface area contributed by atoms with E-state index < -0.39 is 0 Å². The maximum absolute atomic E-state index is 11.7. The van der Waals surface area contributed by atoms with E-state index in [1.165, 1.54) is 0 Å². The van der Waals surface area contributed by atoms with E-state index in [1.54, 1.807) is 24.3 Å². The van der Waals surface area contributed by atoms with E-state index in [9.17, 15) is 9.59 Å². The van der Waals surface area contributed by atoms with Crippen molar-refractivity contribution in [3.8, 4) is 0 Å². The van der Waals surface area contributed by atoms with Gasteiger partial charge in [0.15, 0.2) is 0 Å². The molecule has 22 heavy (non-hydrogen) atoms. The summed E-state index contributed by atoms with van der Waals surface area (Å²) in [7, 11) is 1.86. The van der Waals surface area contributed by atoms with Gasteiger partial charge in [0.05, 0.1) is 0 Å².